The highest BCUT2D eigenvalue weighted by molar-refractivity contribution is 14.1. The van der Waals surface area contributed by atoms with E-state index in [1.54, 1.807) is 11.3 Å². The molecular weight excluding hydrogens is 753 g/mol. The fourth-order valence-electron chi connectivity index (χ4n) is 3.91. The number of hydrogen-bond acceptors (Lipinski definition) is 3. The monoisotopic (exact) mass is 763 g/mol. The first kappa shape index (κ1) is 22.8. The Balaban J connectivity index is 1.78. The van der Waals surface area contributed by atoms with E-state index in [2.05, 4.69) is 124 Å². The van der Waals surface area contributed by atoms with Gasteiger partial charge < -0.3 is 4.98 Å². The van der Waals surface area contributed by atoms with Crippen molar-refractivity contribution in [2.24, 2.45) is 0 Å². The minimum absolute atomic E-state index is 0.875. The van der Waals surface area contributed by atoms with Gasteiger partial charge in [0.25, 0.3) is 0 Å². The van der Waals surface area contributed by atoms with Crippen LogP contribution in [0.3, 0.4) is 0 Å². The summed E-state index contributed by atoms with van der Waals surface area (Å²) in [5, 5.41) is 0. The minimum Gasteiger partial charge on any atom is -0.354 e. The number of aromatic amines is 1. The number of fused-ring (bicyclic) bond motifs is 8. The number of H-pyrrole nitrogens is 1. The van der Waals surface area contributed by atoms with Gasteiger partial charge in [0.15, 0.2) is 0 Å². The Morgan fingerprint density at radius 3 is 1.79 bits per heavy atom. The molecule has 1 N–H and O–H groups in total. The van der Waals surface area contributed by atoms with Crippen molar-refractivity contribution in [3.05, 3.63) is 88.3 Å². The van der Waals surface area contributed by atoms with Gasteiger partial charge in [-0.1, -0.05) is 12.1 Å². The van der Waals surface area contributed by atoms with Crippen LogP contribution in [0.4, 0.5) is 0 Å². The largest absolute Gasteiger partial charge is 0.354 e. The second-order valence-corrected chi connectivity index (χ2v) is 12.4. The summed E-state index contributed by atoms with van der Waals surface area (Å²) < 4.78 is 6.28. The summed E-state index contributed by atoms with van der Waals surface area (Å²) in [6, 6.07) is 17.0. The molecule has 0 amide bonds. The Labute approximate surface area is 238 Å². The number of nitrogens with zero attached hydrogens (tertiary/aromatic N) is 2. The molecule has 0 radical (unpaired) electrons. The molecule has 0 unspecified atom stereocenters. The van der Waals surface area contributed by atoms with Crippen LogP contribution in [0.25, 0.3) is 55.9 Å². The summed E-state index contributed by atoms with van der Waals surface area (Å²) in [6.07, 6.45) is 8.22. The zero-order valence-corrected chi connectivity index (χ0v) is 25.0. The number of nitrogens with one attached hydrogen (secondary N) is 1. The molecule has 5 heterocycles. The van der Waals surface area contributed by atoms with E-state index in [1.165, 1.54) is 3.57 Å². The van der Waals surface area contributed by atoms with E-state index in [0.29, 0.717) is 0 Å². The maximum atomic E-state index is 5.03. The first-order chi connectivity index (χ1) is 16.5. The maximum Gasteiger partial charge on any atom is 0.0801 e. The second kappa shape index (κ2) is 9.13. The van der Waals surface area contributed by atoms with E-state index >= 15 is 0 Å². The fraction of sp³-hybridized carbons (Fsp3) is 0. The number of halogens is 4. The molecule has 0 atom stereocenters. The van der Waals surface area contributed by atoms with Gasteiger partial charge in [-0.3, -0.25) is 0 Å². The molecule has 166 valence electrons. The molecule has 8 bridgehead atoms. The van der Waals surface area contributed by atoms with Gasteiger partial charge in [0.2, 0.25) is 0 Å². The Hall–Kier alpha value is -1.59. The molecule has 0 saturated heterocycles. The predicted octanol–water partition coefficient (Wildman–Crippen LogP) is 9.95. The smallest absolute Gasteiger partial charge is 0.0801 e. The molecule has 3 nitrogen and oxygen atoms in total. The number of hydrogen-bond donors (Lipinski definition) is 1. The van der Waals surface area contributed by atoms with Gasteiger partial charge in [0, 0.05) is 18.5 Å². The average molecular weight is 766 g/mol. The van der Waals surface area contributed by atoms with Crippen LogP contribution in [0, 0.1) is 3.57 Å². The van der Waals surface area contributed by atoms with Crippen molar-refractivity contribution in [1.29, 1.82) is 0 Å². The van der Waals surface area contributed by atoms with Crippen molar-refractivity contribution < 1.29 is 0 Å². The summed E-state index contributed by atoms with van der Waals surface area (Å²) >= 11 is 15.4. The Morgan fingerprint density at radius 2 is 1.15 bits per heavy atom. The second-order valence-electron chi connectivity index (χ2n) is 7.70. The number of benzene rings is 1. The maximum absolute atomic E-state index is 5.03. The van der Waals surface area contributed by atoms with Gasteiger partial charge in [-0.25, -0.2) is 9.97 Å². The van der Waals surface area contributed by atoms with Crippen molar-refractivity contribution in [3.63, 3.8) is 0 Å². The quantitative estimate of drug-likeness (QED) is 0.170. The van der Waals surface area contributed by atoms with Crippen molar-refractivity contribution >= 4 is 126 Å². The van der Waals surface area contributed by atoms with E-state index in [9.17, 15) is 0 Å². The highest BCUT2D eigenvalue weighted by Crippen LogP contribution is 2.38. The predicted molar refractivity (Wildman–Crippen MR) is 164 cm³/mol. The van der Waals surface area contributed by atoms with Gasteiger partial charge in [-0.2, -0.15) is 0 Å². The van der Waals surface area contributed by atoms with E-state index in [4.69, 9.17) is 9.97 Å². The lowest BCUT2D eigenvalue weighted by Crippen LogP contribution is -1.84. The molecule has 1 aromatic carbocycles. The normalized spacial score (nSPS) is 12.5. The zero-order chi connectivity index (χ0) is 23.4. The Kier molecular flexibility index (Phi) is 6.13. The lowest BCUT2D eigenvalue weighted by molar-refractivity contribution is 1.30. The standard InChI is InChI=1S/C26H13Br3IN3S/c27-24-16-6-5-15(31-16)23(13-1-3-14(30)4-2-13)21-11-12-22(34-21)26(29)20-10-9-19(33-20)25(28)18-8-7-17(24)32-18/h1-12,32H. The van der Waals surface area contributed by atoms with Crippen LogP contribution in [-0.2, 0) is 0 Å². The average Bonchev–Trinajstić information content (AvgIpc) is 3.65. The number of thiophene rings is 1. The third-order valence-corrected chi connectivity index (χ3v) is 10.2. The third-order valence-electron chi connectivity index (χ3n) is 5.57. The van der Waals surface area contributed by atoms with Crippen LogP contribution in [-0.4, -0.2) is 15.0 Å². The number of rotatable bonds is 1. The van der Waals surface area contributed by atoms with Crippen molar-refractivity contribution in [3.8, 4) is 11.1 Å². The number of aromatic nitrogens is 3. The van der Waals surface area contributed by atoms with Crippen LogP contribution >= 0.6 is 81.7 Å². The van der Waals surface area contributed by atoms with Gasteiger partial charge >= 0.3 is 0 Å². The van der Waals surface area contributed by atoms with E-state index in [0.717, 1.165) is 67.8 Å². The highest BCUT2D eigenvalue weighted by Gasteiger charge is 2.15. The van der Waals surface area contributed by atoms with E-state index < -0.39 is 0 Å². The molecule has 0 aliphatic carbocycles. The highest BCUT2D eigenvalue weighted by atomic mass is 127. The summed E-state index contributed by atoms with van der Waals surface area (Å²) in [6.45, 7) is 0. The van der Waals surface area contributed by atoms with Crippen LogP contribution < -0.4 is 0 Å². The lowest BCUT2D eigenvalue weighted by Gasteiger charge is -2.04. The lowest BCUT2D eigenvalue weighted by atomic mass is 10.1. The fourth-order valence-corrected chi connectivity index (χ4v) is 6.79. The van der Waals surface area contributed by atoms with Crippen molar-refractivity contribution in [2.45, 2.75) is 0 Å². The Bertz CT molecular complexity index is 1700. The summed E-state index contributed by atoms with van der Waals surface area (Å²) in [5.74, 6) is 0. The molecule has 8 heteroatoms. The van der Waals surface area contributed by atoms with Crippen LogP contribution in [0.15, 0.2) is 61.9 Å². The minimum atomic E-state index is 0.875. The molecule has 0 saturated carbocycles. The van der Waals surface area contributed by atoms with E-state index in [-0.39, 0.29) is 0 Å². The molecule has 6 rings (SSSR count). The van der Waals surface area contributed by atoms with Gasteiger partial charge in [-0.15, -0.1) is 11.3 Å². The first-order valence-electron chi connectivity index (χ1n) is 10.3. The van der Waals surface area contributed by atoms with E-state index in [1.807, 2.05) is 24.3 Å². The molecule has 2 aliphatic rings. The molecule has 34 heavy (non-hydrogen) atoms. The molecule has 3 aromatic heterocycles. The van der Waals surface area contributed by atoms with Crippen molar-refractivity contribution in [1.82, 2.24) is 15.0 Å². The molecular formula is C26H13Br3IN3S. The van der Waals surface area contributed by atoms with Gasteiger partial charge in [0.1, 0.15) is 0 Å². The van der Waals surface area contributed by atoms with Crippen LogP contribution in [0.1, 0.15) is 22.8 Å². The topological polar surface area (TPSA) is 41.6 Å². The SMILES string of the molecule is Brc1c2nc(c(Br)c3ccc(s3)c(-c3ccc(I)cc3)c3nc(c(Br)c4ccc1[nH]4)C=C3)C=C2. The molecule has 0 spiro atoms. The summed E-state index contributed by atoms with van der Waals surface area (Å²) in [5.41, 5.74) is 7.77. The van der Waals surface area contributed by atoms with Crippen LogP contribution in [0.2, 0.25) is 0 Å². The molecule has 0 fully saturated rings. The molecule has 2 aliphatic heterocycles. The zero-order valence-electron chi connectivity index (χ0n) is 17.2. The Morgan fingerprint density at radius 1 is 0.618 bits per heavy atom. The van der Waals surface area contributed by atoms with Crippen molar-refractivity contribution in [2.75, 3.05) is 0 Å². The molecule has 4 aromatic rings. The van der Waals surface area contributed by atoms with Gasteiger partial charge in [0.05, 0.1) is 47.2 Å². The van der Waals surface area contributed by atoms with Crippen LogP contribution in [0.5, 0.6) is 0 Å². The third kappa shape index (κ3) is 4.07. The summed E-state index contributed by atoms with van der Waals surface area (Å²) in [4.78, 5) is 13.4. The van der Waals surface area contributed by atoms with Gasteiger partial charge in [-0.05, 0) is 137 Å². The first-order valence-corrected chi connectivity index (χ1v) is 14.5. The summed E-state index contributed by atoms with van der Waals surface area (Å²) in [7, 11) is 0.